The quantitative estimate of drug-likeness (QED) is 0.473. The smallest absolute Gasteiger partial charge is 0.136 e. The van der Waals surface area contributed by atoms with Gasteiger partial charge in [0, 0.05) is 19.4 Å². The summed E-state index contributed by atoms with van der Waals surface area (Å²) in [7, 11) is 0. The Morgan fingerprint density at radius 3 is 3.30 bits per heavy atom. The second kappa shape index (κ2) is 1.97. The molecule has 10 heavy (non-hydrogen) atoms. The van der Waals surface area contributed by atoms with E-state index in [9.17, 15) is 0 Å². The van der Waals surface area contributed by atoms with Crippen LogP contribution in [0.25, 0.3) is 6.20 Å². The molecule has 0 N–H and O–H groups in total. The van der Waals surface area contributed by atoms with E-state index in [1.165, 1.54) is 0 Å². The average Bonchev–Trinajstić information content (AvgIpc) is 2.36. The molecule has 2 nitrogen and oxygen atoms in total. The van der Waals surface area contributed by atoms with Gasteiger partial charge in [-0.05, 0) is 0 Å². The zero-order valence-corrected chi connectivity index (χ0v) is 6.07. The maximum atomic E-state index is 2.22. The lowest BCUT2D eigenvalue weighted by Gasteiger charge is -2.08. The minimum absolute atomic E-state index is 0.611. The summed E-state index contributed by atoms with van der Waals surface area (Å²) in [6.45, 7) is 2.22. The van der Waals surface area contributed by atoms with E-state index >= 15 is 0 Å². The molecule has 0 radical (unpaired) electrons. The van der Waals surface area contributed by atoms with Crippen LogP contribution in [0.1, 0.15) is 19.4 Å². The summed E-state index contributed by atoms with van der Waals surface area (Å²) >= 11 is 0. The largest absolute Gasteiger partial charge is 0.196 e. The molecule has 0 saturated carbocycles. The summed E-state index contributed by atoms with van der Waals surface area (Å²) in [5, 5.41) is 0. The Hall–Kier alpha value is -1.05. The fourth-order valence-electron chi connectivity index (χ4n) is 1.34. The Morgan fingerprint density at radius 1 is 1.60 bits per heavy atom. The molecule has 1 aromatic rings. The first-order valence-corrected chi connectivity index (χ1v) is 3.63. The molecule has 0 amide bonds. The first-order valence-electron chi connectivity index (χ1n) is 3.63. The number of hydrogen-bond acceptors (Lipinski definition) is 0. The molecule has 2 heteroatoms. The number of rotatable bonds is 0. The van der Waals surface area contributed by atoms with Gasteiger partial charge in [0.05, 0.1) is 12.4 Å². The third-order valence-corrected chi connectivity index (χ3v) is 1.93. The van der Waals surface area contributed by atoms with Crippen LogP contribution in [0, 0.1) is 0 Å². The lowest BCUT2D eigenvalue weighted by molar-refractivity contribution is -0.786. The molecular weight excluding hydrogens is 124 g/mol. The Labute approximate surface area is 60.4 Å². The third kappa shape index (κ3) is 0.685. The predicted octanol–water partition coefficient (Wildman–Crippen LogP) is 1.21. The molecular formula is C8H11N2+. The lowest BCUT2D eigenvalue weighted by atomic mass is 10.2. The van der Waals surface area contributed by atoms with E-state index < -0.39 is 0 Å². The van der Waals surface area contributed by atoms with Crippen LogP contribution in [-0.2, 0) is 0 Å². The van der Waals surface area contributed by atoms with Gasteiger partial charge in [-0.3, -0.25) is 0 Å². The zero-order valence-electron chi connectivity index (χ0n) is 6.07. The van der Waals surface area contributed by atoms with Gasteiger partial charge in [-0.15, -0.1) is 9.36 Å². The summed E-state index contributed by atoms with van der Waals surface area (Å²) in [6, 6.07) is 2.67. The Balaban J connectivity index is 2.52. The zero-order chi connectivity index (χ0) is 6.97. The van der Waals surface area contributed by atoms with Crippen LogP contribution in [0.3, 0.4) is 0 Å². The van der Waals surface area contributed by atoms with Crippen molar-refractivity contribution >= 4 is 6.20 Å². The van der Waals surface area contributed by atoms with Gasteiger partial charge in [0.2, 0.25) is 0 Å². The maximum absolute atomic E-state index is 2.22. The Kier molecular flexibility index (Phi) is 1.13. The van der Waals surface area contributed by atoms with Gasteiger partial charge < -0.3 is 0 Å². The molecule has 1 aromatic heterocycles. The highest BCUT2D eigenvalue weighted by Crippen LogP contribution is 2.07. The maximum Gasteiger partial charge on any atom is 0.196 e. The van der Waals surface area contributed by atoms with Crippen LogP contribution >= 0.6 is 0 Å². The van der Waals surface area contributed by atoms with E-state index in [0.29, 0.717) is 6.04 Å². The van der Waals surface area contributed by atoms with Crippen molar-refractivity contribution < 1.29 is 4.68 Å². The number of fused-ring (bicyclic) bond motifs is 1. The van der Waals surface area contributed by atoms with Crippen LogP contribution in [-0.4, -0.2) is 4.68 Å². The number of aromatic nitrogens is 2. The molecule has 0 spiro atoms. The molecule has 2 rings (SSSR count). The van der Waals surface area contributed by atoms with Crippen molar-refractivity contribution in [3.05, 3.63) is 24.5 Å². The van der Waals surface area contributed by atoms with Crippen molar-refractivity contribution in [1.29, 1.82) is 0 Å². The summed E-state index contributed by atoms with van der Waals surface area (Å²) in [5.74, 6) is 0. The molecule has 0 bridgehead atoms. The van der Waals surface area contributed by atoms with Gasteiger partial charge in [0.15, 0.2) is 12.2 Å². The van der Waals surface area contributed by atoms with E-state index in [2.05, 4.69) is 47.0 Å². The second-order valence-corrected chi connectivity index (χ2v) is 2.72. The molecule has 0 aromatic carbocycles. The molecule has 1 aliphatic rings. The van der Waals surface area contributed by atoms with Crippen molar-refractivity contribution in [2.24, 2.45) is 0 Å². The third-order valence-electron chi connectivity index (χ3n) is 1.93. The van der Waals surface area contributed by atoms with Gasteiger partial charge in [-0.2, -0.15) is 0 Å². The first-order chi connectivity index (χ1) is 4.88. The monoisotopic (exact) mass is 135 g/mol. The van der Waals surface area contributed by atoms with E-state index in [1.807, 2.05) is 0 Å². The van der Waals surface area contributed by atoms with E-state index in [1.54, 1.807) is 0 Å². The molecule has 1 aliphatic heterocycles. The molecule has 0 fully saturated rings. The normalized spacial score (nSPS) is 22.7. The molecule has 52 valence electrons. The van der Waals surface area contributed by atoms with Gasteiger partial charge >= 0.3 is 0 Å². The van der Waals surface area contributed by atoms with Crippen LogP contribution in [0.4, 0.5) is 0 Å². The Morgan fingerprint density at radius 2 is 2.50 bits per heavy atom. The van der Waals surface area contributed by atoms with Crippen LogP contribution < -0.4 is 4.68 Å². The van der Waals surface area contributed by atoms with E-state index in [4.69, 9.17) is 0 Å². The summed E-state index contributed by atoms with van der Waals surface area (Å²) in [6.07, 6.45) is 9.61. The van der Waals surface area contributed by atoms with Crippen LogP contribution in [0.15, 0.2) is 24.5 Å². The lowest BCUT2D eigenvalue weighted by Crippen LogP contribution is -2.45. The van der Waals surface area contributed by atoms with Crippen molar-refractivity contribution in [2.45, 2.75) is 19.4 Å². The van der Waals surface area contributed by atoms with Gasteiger partial charge in [0.25, 0.3) is 0 Å². The molecule has 0 saturated heterocycles. The van der Waals surface area contributed by atoms with Crippen LogP contribution in [0.2, 0.25) is 0 Å². The molecule has 0 unspecified atom stereocenters. The average molecular weight is 135 g/mol. The van der Waals surface area contributed by atoms with Gasteiger partial charge in [-0.25, -0.2) is 0 Å². The topological polar surface area (TPSA) is 8.81 Å². The fraction of sp³-hybridized carbons (Fsp3) is 0.375. The van der Waals surface area contributed by atoms with Gasteiger partial charge in [-0.1, -0.05) is 6.08 Å². The minimum Gasteiger partial charge on any atom is -0.136 e. The van der Waals surface area contributed by atoms with Crippen molar-refractivity contribution in [1.82, 2.24) is 4.68 Å². The fourth-order valence-corrected chi connectivity index (χ4v) is 1.34. The first kappa shape index (κ1) is 5.71. The predicted molar refractivity (Wildman–Crippen MR) is 39.3 cm³/mol. The standard InChI is InChI=1S/C8H11N2/c1-8-4-2-5-9-6-3-7-10(8)9/h2-3,5-8H,4H2,1H3/q+1/t8-/m0/s1. The molecule has 2 heterocycles. The second-order valence-electron chi connectivity index (χ2n) is 2.72. The SMILES string of the molecule is C[C@H]1CC=Cn2ccc[n+]21. The highest BCUT2D eigenvalue weighted by Gasteiger charge is 2.17. The van der Waals surface area contributed by atoms with Crippen molar-refractivity contribution in [3.63, 3.8) is 0 Å². The van der Waals surface area contributed by atoms with E-state index in [-0.39, 0.29) is 0 Å². The highest BCUT2D eigenvalue weighted by atomic mass is 15.4. The van der Waals surface area contributed by atoms with E-state index in [0.717, 1.165) is 6.42 Å². The molecule has 1 atom stereocenters. The summed E-state index contributed by atoms with van der Waals surface area (Å²) in [4.78, 5) is 0. The molecule has 0 aliphatic carbocycles. The van der Waals surface area contributed by atoms with Crippen molar-refractivity contribution in [3.8, 4) is 0 Å². The number of allylic oxidation sites excluding steroid dienone is 1. The number of nitrogens with zero attached hydrogens (tertiary/aromatic N) is 2. The Bertz CT molecular complexity index is 260. The van der Waals surface area contributed by atoms with Crippen molar-refractivity contribution in [2.75, 3.05) is 0 Å². The highest BCUT2D eigenvalue weighted by molar-refractivity contribution is 5.18. The van der Waals surface area contributed by atoms with Crippen LogP contribution in [0.5, 0.6) is 0 Å². The summed E-state index contributed by atoms with van der Waals surface area (Å²) < 4.78 is 4.33. The summed E-state index contributed by atoms with van der Waals surface area (Å²) in [5.41, 5.74) is 0. The van der Waals surface area contributed by atoms with Gasteiger partial charge in [0.1, 0.15) is 0 Å². The number of hydrogen-bond donors (Lipinski definition) is 0. The minimum atomic E-state index is 0.611.